The largest absolute Gasteiger partial charge is 0.329 e. The van der Waals surface area contributed by atoms with E-state index in [0.29, 0.717) is 18.5 Å². The molecule has 0 aliphatic carbocycles. The van der Waals surface area contributed by atoms with Crippen molar-refractivity contribution in [3.05, 3.63) is 35.9 Å². The first-order chi connectivity index (χ1) is 11.2. The van der Waals surface area contributed by atoms with Crippen molar-refractivity contribution in [3.63, 3.8) is 0 Å². The van der Waals surface area contributed by atoms with E-state index in [2.05, 4.69) is 10.6 Å². The minimum Gasteiger partial charge on any atom is -0.329 e. The molecule has 23 heavy (non-hydrogen) atoms. The predicted octanol–water partition coefficient (Wildman–Crippen LogP) is 0.686. The minimum absolute atomic E-state index is 0.0210. The van der Waals surface area contributed by atoms with E-state index >= 15 is 0 Å². The van der Waals surface area contributed by atoms with Crippen LogP contribution in [-0.2, 0) is 9.59 Å². The van der Waals surface area contributed by atoms with Gasteiger partial charge in [0, 0.05) is 12.1 Å². The van der Waals surface area contributed by atoms with Crippen molar-refractivity contribution in [1.29, 1.82) is 0 Å². The van der Waals surface area contributed by atoms with Crippen LogP contribution in [-0.4, -0.2) is 47.8 Å². The number of benzene rings is 1. The molecule has 3 rings (SSSR count). The van der Waals surface area contributed by atoms with E-state index in [1.807, 2.05) is 6.07 Å². The van der Waals surface area contributed by atoms with Gasteiger partial charge in [0.15, 0.2) is 0 Å². The molecule has 0 bridgehead atoms. The van der Waals surface area contributed by atoms with Gasteiger partial charge in [0.2, 0.25) is 11.8 Å². The summed E-state index contributed by atoms with van der Waals surface area (Å²) >= 11 is 0. The van der Waals surface area contributed by atoms with Crippen molar-refractivity contribution in [2.75, 3.05) is 13.1 Å². The molecule has 2 aliphatic rings. The quantitative estimate of drug-likeness (QED) is 0.804. The molecule has 2 N–H and O–H groups in total. The van der Waals surface area contributed by atoms with Gasteiger partial charge in [-0.3, -0.25) is 19.7 Å². The van der Waals surface area contributed by atoms with Crippen LogP contribution >= 0.6 is 0 Å². The van der Waals surface area contributed by atoms with Crippen LogP contribution in [0.5, 0.6) is 0 Å². The summed E-state index contributed by atoms with van der Waals surface area (Å²) in [4.78, 5) is 38.6. The first kappa shape index (κ1) is 15.7. The Hall–Kier alpha value is -2.21. The van der Waals surface area contributed by atoms with Gasteiger partial charge in [-0.05, 0) is 44.4 Å². The Bertz CT molecular complexity index is 596. The molecule has 122 valence electrons. The van der Waals surface area contributed by atoms with Gasteiger partial charge in [0.25, 0.3) is 5.91 Å². The van der Waals surface area contributed by atoms with Crippen molar-refractivity contribution in [1.82, 2.24) is 15.5 Å². The van der Waals surface area contributed by atoms with Gasteiger partial charge in [-0.15, -0.1) is 0 Å². The van der Waals surface area contributed by atoms with Crippen molar-refractivity contribution in [3.8, 4) is 0 Å². The number of nitrogens with one attached hydrogen (secondary N) is 2. The van der Waals surface area contributed by atoms with E-state index in [-0.39, 0.29) is 17.9 Å². The fourth-order valence-corrected chi connectivity index (χ4v) is 3.26. The van der Waals surface area contributed by atoms with Crippen LogP contribution in [0, 0.1) is 0 Å². The third kappa shape index (κ3) is 3.42. The molecular formula is C17H21N3O3. The second kappa shape index (κ2) is 6.91. The van der Waals surface area contributed by atoms with Crippen molar-refractivity contribution in [2.45, 2.75) is 37.8 Å². The molecule has 1 unspecified atom stereocenters. The van der Waals surface area contributed by atoms with E-state index in [4.69, 9.17) is 0 Å². The fraction of sp³-hybridized carbons (Fsp3) is 0.471. The highest BCUT2D eigenvalue weighted by Crippen LogP contribution is 2.21. The first-order valence-corrected chi connectivity index (χ1v) is 8.11. The number of rotatable bonds is 3. The first-order valence-electron chi connectivity index (χ1n) is 8.11. The summed E-state index contributed by atoms with van der Waals surface area (Å²) in [5.74, 6) is -0.830. The standard InChI is InChI=1S/C17H21N3O3/c21-15(12-6-2-1-3-7-12)19-16(22)14-9-5-11-20(14)17(23)13-8-4-10-18-13/h1-3,6-7,13-14,18H,4-5,8-11H2,(H,19,21,22)/t13?,14-/m0/s1. The Morgan fingerprint density at radius 3 is 2.57 bits per heavy atom. The number of hydrogen-bond acceptors (Lipinski definition) is 4. The molecule has 1 aromatic rings. The monoisotopic (exact) mass is 315 g/mol. The highest BCUT2D eigenvalue weighted by Gasteiger charge is 2.38. The molecule has 0 radical (unpaired) electrons. The lowest BCUT2D eigenvalue weighted by Gasteiger charge is -2.26. The number of carbonyl (C=O) groups excluding carboxylic acids is 3. The topological polar surface area (TPSA) is 78.5 Å². The van der Waals surface area contributed by atoms with Crippen molar-refractivity contribution in [2.24, 2.45) is 0 Å². The number of carbonyl (C=O) groups is 3. The summed E-state index contributed by atoms with van der Waals surface area (Å²) in [7, 11) is 0. The third-order valence-electron chi connectivity index (χ3n) is 4.47. The Morgan fingerprint density at radius 2 is 1.87 bits per heavy atom. The highest BCUT2D eigenvalue weighted by molar-refractivity contribution is 6.06. The molecule has 0 spiro atoms. The van der Waals surface area contributed by atoms with Crippen LogP contribution in [0.3, 0.4) is 0 Å². The van der Waals surface area contributed by atoms with Crippen molar-refractivity contribution < 1.29 is 14.4 Å². The second-order valence-corrected chi connectivity index (χ2v) is 6.02. The van der Waals surface area contributed by atoms with Crippen LogP contribution in [0.15, 0.2) is 30.3 Å². The average Bonchev–Trinajstić information content (AvgIpc) is 3.26. The maximum Gasteiger partial charge on any atom is 0.257 e. The van der Waals surface area contributed by atoms with E-state index in [1.54, 1.807) is 29.2 Å². The molecule has 2 fully saturated rings. The maximum absolute atomic E-state index is 12.5. The Kier molecular flexibility index (Phi) is 4.71. The van der Waals surface area contributed by atoms with E-state index in [1.165, 1.54) is 0 Å². The van der Waals surface area contributed by atoms with Crippen LogP contribution in [0.4, 0.5) is 0 Å². The SMILES string of the molecule is O=C(NC(=O)[C@@H]1CCCN1C(=O)C1CCCN1)c1ccccc1. The summed E-state index contributed by atoms with van der Waals surface area (Å²) < 4.78 is 0. The van der Waals surface area contributed by atoms with E-state index in [9.17, 15) is 14.4 Å². The highest BCUT2D eigenvalue weighted by atomic mass is 16.2. The van der Waals surface area contributed by atoms with E-state index < -0.39 is 11.9 Å². The molecule has 0 aromatic heterocycles. The molecule has 2 heterocycles. The maximum atomic E-state index is 12.5. The predicted molar refractivity (Wildman–Crippen MR) is 84.7 cm³/mol. The smallest absolute Gasteiger partial charge is 0.257 e. The summed E-state index contributed by atoms with van der Waals surface area (Å²) in [6.07, 6.45) is 3.18. The summed E-state index contributed by atoms with van der Waals surface area (Å²) in [5.41, 5.74) is 0.439. The molecule has 2 atom stereocenters. The Balaban J connectivity index is 1.64. The van der Waals surface area contributed by atoms with Crippen LogP contribution < -0.4 is 10.6 Å². The van der Waals surface area contributed by atoms with Gasteiger partial charge < -0.3 is 10.2 Å². The molecule has 2 saturated heterocycles. The second-order valence-electron chi connectivity index (χ2n) is 6.02. The van der Waals surface area contributed by atoms with Crippen LogP contribution in [0.2, 0.25) is 0 Å². The number of nitrogens with zero attached hydrogens (tertiary/aromatic N) is 1. The summed E-state index contributed by atoms with van der Waals surface area (Å²) in [6, 6.07) is 7.88. The average molecular weight is 315 g/mol. The lowest BCUT2D eigenvalue weighted by Crippen LogP contribution is -2.51. The lowest BCUT2D eigenvalue weighted by molar-refractivity contribution is -0.139. The van der Waals surface area contributed by atoms with Gasteiger partial charge in [-0.2, -0.15) is 0 Å². The number of hydrogen-bond donors (Lipinski definition) is 2. The van der Waals surface area contributed by atoms with Gasteiger partial charge in [0.05, 0.1) is 6.04 Å². The summed E-state index contributed by atoms with van der Waals surface area (Å²) in [5, 5.41) is 5.59. The zero-order valence-electron chi connectivity index (χ0n) is 13.0. The third-order valence-corrected chi connectivity index (χ3v) is 4.47. The number of imide groups is 1. The zero-order valence-corrected chi connectivity index (χ0v) is 13.0. The van der Waals surface area contributed by atoms with Gasteiger partial charge in [-0.1, -0.05) is 18.2 Å². The van der Waals surface area contributed by atoms with Gasteiger partial charge >= 0.3 is 0 Å². The van der Waals surface area contributed by atoms with Crippen LogP contribution in [0.1, 0.15) is 36.0 Å². The molecular weight excluding hydrogens is 294 g/mol. The van der Waals surface area contributed by atoms with Crippen molar-refractivity contribution >= 4 is 17.7 Å². The zero-order chi connectivity index (χ0) is 16.2. The minimum atomic E-state index is -0.544. The number of likely N-dealkylation sites (tertiary alicyclic amines) is 1. The molecule has 0 saturated carbocycles. The van der Waals surface area contributed by atoms with Gasteiger partial charge in [0.1, 0.15) is 6.04 Å². The molecule has 1 aromatic carbocycles. The molecule has 2 aliphatic heterocycles. The molecule has 6 nitrogen and oxygen atoms in total. The summed E-state index contributed by atoms with van der Waals surface area (Å²) in [6.45, 7) is 1.42. The Labute approximate surface area is 135 Å². The van der Waals surface area contributed by atoms with E-state index in [0.717, 1.165) is 25.8 Å². The number of amides is 3. The van der Waals surface area contributed by atoms with Crippen LogP contribution in [0.25, 0.3) is 0 Å². The normalized spacial score (nSPS) is 23.7. The fourth-order valence-electron chi connectivity index (χ4n) is 3.26. The lowest BCUT2D eigenvalue weighted by atomic mass is 10.1. The molecule has 3 amide bonds. The molecule has 6 heteroatoms. The van der Waals surface area contributed by atoms with Gasteiger partial charge in [-0.25, -0.2) is 0 Å². The Morgan fingerprint density at radius 1 is 1.09 bits per heavy atom.